The minimum atomic E-state index is 0.221. The quantitative estimate of drug-likeness (QED) is 0.729. The van der Waals surface area contributed by atoms with Gasteiger partial charge in [-0.25, -0.2) is 9.66 Å². The summed E-state index contributed by atoms with van der Waals surface area (Å²) in [4.78, 5) is 3.80. The number of hydrogen-bond donors (Lipinski definition) is 0. The van der Waals surface area contributed by atoms with Crippen molar-refractivity contribution in [2.45, 2.75) is 0 Å². The summed E-state index contributed by atoms with van der Waals surface area (Å²) < 4.78 is 1.40. The van der Waals surface area contributed by atoms with Crippen molar-refractivity contribution >= 4 is 5.69 Å². The number of hydrogen-bond acceptors (Lipinski definition) is 5. The van der Waals surface area contributed by atoms with Gasteiger partial charge in [0.05, 0.1) is 17.3 Å². The molecule has 0 unspecified atom stereocenters. The Balaban J connectivity index is 2.41. The molecule has 0 amide bonds. The van der Waals surface area contributed by atoms with Crippen molar-refractivity contribution in [3.63, 3.8) is 0 Å². The van der Waals surface area contributed by atoms with Crippen LogP contribution in [0.5, 0.6) is 0 Å². The molecule has 80 valence electrons. The summed E-state index contributed by atoms with van der Waals surface area (Å²) in [6.45, 7) is 0. The molecule has 0 fully saturated rings. The second-order valence-electron chi connectivity index (χ2n) is 3.06. The molecule has 0 saturated carbocycles. The molecule has 6 heteroatoms. The third kappa shape index (κ3) is 2.16. The summed E-state index contributed by atoms with van der Waals surface area (Å²) in [5.74, 6) is 0. The molecule has 0 atom stereocenters. The van der Waals surface area contributed by atoms with Crippen LogP contribution in [0.1, 0.15) is 11.1 Å². The number of aromatic nitrogens is 2. The lowest BCUT2D eigenvalue weighted by Crippen LogP contribution is -1.85. The fourth-order valence-electron chi connectivity index (χ4n) is 1.24. The molecule has 2 aromatic rings. The molecular weight excluding hydrogens is 216 g/mol. The van der Waals surface area contributed by atoms with Crippen LogP contribution in [0.4, 0.5) is 5.69 Å². The number of rotatable bonds is 2. The molecule has 17 heavy (non-hydrogen) atoms. The van der Waals surface area contributed by atoms with Gasteiger partial charge in [-0.1, -0.05) is 11.3 Å². The molecule has 0 spiro atoms. The molecule has 1 aromatic heterocycles. The lowest BCUT2D eigenvalue weighted by Gasteiger charge is -1.97. The molecule has 1 aromatic carbocycles. The van der Waals surface area contributed by atoms with Crippen LogP contribution < -0.4 is 0 Å². The first kappa shape index (κ1) is 10.5. The fraction of sp³-hybridized carbons (Fsp3) is 0. The van der Waals surface area contributed by atoms with E-state index in [1.807, 2.05) is 12.1 Å². The molecule has 0 aliphatic carbocycles. The predicted octanol–water partition coefficient (Wildman–Crippen LogP) is 2.17. The monoisotopic (exact) mass is 222 g/mol. The standard InChI is InChI=1S/C11H6N6/c12-6-9-2-1-3-11(10(9)7-13)15-16-17-5-4-14-8-17/h1-5,8H. The second kappa shape index (κ2) is 4.69. The maximum atomic E-state index is 8.97. The highest BCUT2D eigenvalue weighted by molar-refractivity contribution is 5.60. The number of nitrogens with zero attached hydrogens (tertiary/aromatic N) is 6. The zero-order valence-electron chi connectivity index (χ0n) is 8.65. The molecule has 1 heterocycles. The summed E-state index contributed by atoms with van der Waals surface area (Å²) in [6.07, 6.45) is 4.66. The largest absolute Gasteiger partial charge is 0.243 e. The van der Waals surface area contributed by atoms with Gasteiger partial charge in [0.15, 0.2) is 0 Å². The lowest BCUT2D eigenvalue weighted by atomic mass is 10.1. The van der Waals surface area contributed by atoms with Gasteiger partial charge in [0.25, 0.3) is 0 Å². The van der Waals surface area contributed by atoms with E-state index in [9.17, 15) is 0 Å². The summed E-state index contributed by atoms with van der Waals surface area (Å²) in [7, 11) is 0. The highest BCUT2D eigenvalue weighted by Crippen LogP contribution is 2.21. The molecule has 0 aliphatic rings. The Morgan fingerprint density at radius 3 is 2.76 bits per heavy atom. The van der Waals surface area contributed by atoms with Gasteiger partial charge < -0.3 is 0 Å². The Morgan fingerprint density at radius 2 is 2.12 bits per heavy atom. The molecule has 2 rings (SSSR count). The molecule has 0 N–H and O–H groups in total. The van der Waals surface area contributed by atoms with Gasteiger partial charge in [-0.05, 0) is 12.1 Å². The van der Waals surface area contributed by atoms with Gasteiger partial charge in [0.2, 0.25) is 0 Å². The Labute approximate surface area is 97.1 Å². The van der Waals surface area contributed by atoms with Crippen molar-refractivity contribution in [2.24, 2.45) is 10.3 Å². The Kier molecular flexibility index (Phi) is 2.90. The van der Waals surface area contributed by atoms with Crippen LogP contribution in [0.2, 0.25) is 0 Å². The molecule has 0 radical (unpaired) electrons. The van der Waals surface area contributed by atoms with E-state index in [-0.39, 0.29) is 11.1 Å². The van der Waals surface area contributed by atoms with Gasteiger partial charge in [-0.3, -0.25) is 0 Å². The summed E-state index contributed by atoms with van der Waals surface area (Å²) in [5, 5.41) is 25.5. The summed E-state index contributed by atoms with van der Waals surface area (Å²) >= 11 is 0. The van der Waals surface area contributed by atoms with Gasteiger partial charge in [-0.15, -0.1) is 5.11 Å². The Bertz CT molecular complexity index is 627. The average molecular weight is 222 g/mol. The smallest absolute Gasteiger partial charge is 0.118 e. The predicted molar refractivity (Wildman–Crippen MR) is 58.0 cm³/mol. The average Bonchev–Trinajstić information content (AvgIpc) is 2.88. The first-order valence-corrected chi connectivity index (χ1v) is 4.68. The van der Waals surface area contributed by atoms with Crippen molar-refractivity contribution in [1.29, 1.82) is 10.5 Å². The van der Waals surface area contributed by atoms with E-state index in [1.165, 1.54) is 11.0 Å². The molecule has 0 aliphatic heterocycles. The first-order valence-electron chi connectivity index (χ1n) is 4.68. The van der Waals surface area contributed by atoms with E-state index in [0.717, 1.165) is 0 Å². The minimum absolute atomic E-state index is 0.221. The van der Waals surface area contributed by atoms with Crippen molar-refractivity contribution in [2.75, 3.05) is 0 Å². The van der Waals surface area contributed by atoms with Gasteiger partial charge >= 0.3 is 0 Å². The zero-order chi connectivity index (χ0) is 12.1. The van der Waals surface area contributed by atoms with E-state index in [2.05, 4.69) is 15.3 Å². The van der Waals surface area contributed by atoms with Crippen molar-refractivity contribution in [1.82, 2.24) is 9.66 Å². The number of benzene rings is 1. The maximum absolute atomic E-state index is 8.97. The second-order valence-corrected chi connectivity index (χ2v) is 3.06. The summed E-state index contributed by atoms with van der Waals surface area (Å²) in [5.41, 5.74) is 0.869. The van der Waals surface area contributed by atoms with E-state index >= 15 is 0 Å². The third-order valence-electron chi connectivity index (χ3n) is 2.02. The normalized spacial score (nSPS) is 10.0. The number of nitriles is 2. The van der Waals surface area contributed by atoms with Crippen LogP contribution in [-0.2, 0) is 0 Å². The first-order chi connectivity index (χ1) is 8.35. The molecule has 0 bridgehead atoms. The minimum Gasteiger partial charge on any atom is -0.243 e. The molecular formula is C11H6N6. The van der Waals surface area contributed by atoms with Gasteiger partial charge in [-0.2, -0.15) is 10.5 Å². The van der Waals surface area contributed by atoms with Crippen molar-refractivity contribution in [3.05, 3.63) is 48.0 Å². The van der Waals surface area contributed by atoms with Crippen molar-refractivity contribution < 1.29 is 0 Å². The lowest BCUT2D eigenvalue weighted by molar-refractivity contribution is 0.801. The van der Waals surface area contributed by atoms with Crippen LogP contribution >= 0.6 is 0 Å². The van der Waals surface area contributed by atoms with Crippen LogP contribution in [0.25, 0.3) is 0 Å². The highest BCUT2D eigenvalue weighted by atomic mass is 15.5. The van der Waals surface area contributed by atoms with Crippen LogP contribution in [-0.4, -0.2) is 9.66 Å². The van der Waals surface area contributed by atoms with E-state index in [4.69, 9.17) is 10.5 Å². The maximum Gasteiger partial charge on any atom is 0.118 e. The Morgan fingerprint density at radius 1 is 1.24 bits per heavy atom. The topological polar surface area (TPSA) is 90.1 Å². The van der Waals surface area contributed by atoms with Crippen molar-refractivity contribution in [3.8, 4) is 12.1 Å². The van der Waals surface area contributed by atoms with Crippen LogP contribution in [0, 0.1) is 22.7 Å². The van der Waals surface area contributed by atoms with Crippen LogP contribution in [0.15, 0.2) is 47.3 Å². The molecule has 0 saturated heterocycles. The van der Waals surface area contributed by atoms with E-state index < -0.39 is 0 Å². The SMILES string of the molecule is N#Cc1cccc(N=Nn2ccnc2)c1C#N. The Hall–Kier alpha value is -2.99. The fourth-order valence-corrected chi connectivity index (χ4v) is 1.24. The molecule has 6 nitrogen and oxygen atoms in total. The van der Waals surface area contributed by atoms with Crippen LogP contribution in [0.3, 0.4) is 0 Å². The van der Waals surface area contributed by atoms with E-state index in [1.54, 1.807) is 30.6 Å². The zero-order valence-corrected chi connectivity index (χ0v) is 8.65. The number of imidazole rings is 1. The van der Waals surface area contributed by atoms with E-state index in [0.29, 0.717) is 5.69 Å². The third-order valence-corrected chi connectivity index (χ3v) is 2.02. The highest BCUT2D eigenvalue weighted by Gasteiger charge is 2.06. The summed E-state index contributed by atoms with van der Waals surface area (Å²) in [6, 6.07) is 8.72. The van der Waals surface area contributed by atoms with Gasteiger partial charge in [0, 0.05) is 6.20 Å². The van der Waals surface area contributed by atoms with Gasteiger partial charge in [0.1, 0.15) is 24.2 Å².